The largest absolute Gasteiger partial charge is 0.375 e. The molecule has 0 rings (SSSR count). The van der Waals surface area contributed by atoms with E-state index in [-0.39, 0.29) is 13.0 Å². The van der Waals surface area contributed by atoms with E-state index >= 15 is 0 Å². The van der Waals surface area contributed by atoms with E-state index in [4.69, 9.17) is 5.73 Å². The SMILES string of the molecule is COCC(=O)NOC(=O)CCCN. The van der Waals surface area contributed by atoms with Gasteiger partial charge in [-0.3, -0.25) is 4.79 Å². The van der Waals surface area contributed by atoms with Gasteiger partial charge in [-0.2, -0.15) is 5.48 Å². The Morgan fingerprint density at radius 1 is 1.46 bits per heavy atom. The Morgan fingerprint density at radius 3 is 2.69 bits per heavy atom. The molecule has 3 N–H and O–H groups in total. The third kappa shape index (κ3) is 7.23. The third-order valence-electron chi connectivity index (χ3n) is 1.14. The van der Waals surface area contributed by atoms with Gasteiger partial charge < -0.3 is 15.3 Å². The van der Waals surface area contributed by atoms with Crippen molar-refractivity contribution in [1.29, 1.82) is 0 Å². The molecular formula is C7H14N2O4. The topological polar surface area (TPSA) is 90.6 Å². The van der Waals surface area contributed by atoms with Gasteiger partial charge in [-0.1, -0.05) is 0 Å². The Labute approximate surface area is 76.3 Å². The maximum absolute atomic E-state index is 10.8. The van der Waals surface area contributed by atoms with E-state index < -0.39 is 11.9 Å². The van der Waals surface area contributed by atoms with Crippen molar-refractivity contribution in [3.8, 4) is 0 Å². The van der Waals surface area contributed by atoms with Gasteiger partial charge in [0.15, 0.2) is 0 Å². The van der Waals surface area contributed by atoms with Gasteiger partial charge in [0.05, 0.1) is 0 Å². The Balaban J connectivity index is 3.40. The summed E-state index contributed by atoms with van der Waals surface area (Å²) in [6.07, 6.45) is 0.739. The van der Waals surface area contributed by atoms with Gasteiger partial charge in [0.25, 0.3) is 5.91 Å². The molecule has 0 spiro atoms. The van der Waals surface area contributed by atoms with E-state index in [2.05, 4.69) is 9.57 Å². The highest BCUT2D eigenvalue weighted by Gasteiger charge is 2.05. The van der Waals surface area contributed by atoms with Crippen LogP contribution in [0.25, 0.3) is 0 Å². The highest BCUT2D eigenvalue weighted by molar-refractivity contribution is 5.78. The Kier molecular flexibility index (Phi) is 6.85. The van der Waals surface area contributed by atoms with Crippen LogP contribution < -0.4 is 11.2 Å². The smallest absolute Gasteiger partial charge is 0.332 e. The number of amides is 1. The number of carbonyl (C=O) groups excluding carboxylic acids is 2. The van der Waals surface area contributed by atoms with Gasteiger partial charge in [0.2, 0.25) is 0 Å². The first kappa shape index (κ1) is 11.9. The van der Waals surface area contributed by atoms with Crippen molar-refractivity contribution in [3.05, 3.63) is 0 Å². The first-order chi connectivity index (χ1) is 6.20. The van der Waals surface area contributed by atoms with Crippen LogP contribution in [-0.2, 0) is 19.2 Å². The van der Waals surface area contributed by atoms with Crippen LogP contribution in [0, 0.1) is 0 Å². The molecule has 6 heteroatoms. The van der Waals surface area contributed by atoms with Crippen molar-refractivity contribution in [1.82, 2.24) is 5.48 Å². The van der Waals surface area contributed by atoms with E-state index in [9.17, 15) is 9.59 Å². The molecule has 1 amide bonds. The van der Waals surface area contributed by atoms with E-state index in [1.165, 1.54) is 7.11 Å². The molecule has 0 bridgehead atoms. The monoisotopic (exact) mass is 190 g/mol. The predicted molar refractivity (Wildman–Crippen MR) is 44.4 cm³/mol. The van der Waals surface area contributed by atoms with Crippen molar-refractivity contribution in [2.24, 2.45) is 5.73 Å². The third-order valence-corrected chi connectivity index (χ3v) is 1.14. The minimum absolute atomic E-state index is 0.135. The molecule has 0 aliphatic carbocycles. The van der Waals surface area contributed by atoms with Crippen LogP contribution >= 0.6 is 0 Å². The van der Waals surface area contributed by atoms with E-state index in [0.717, 1.165) is 0 Å². The molecule has 0 aliphatic rings. The number of hydrogen-bond donors (Lipinski definition) is 2. The number of ether oxygens (including phenoxy) is 1. The standard InChI is InChI=1S/C7H14N2O4/c1-12-5-6(10)9-13-7(11)3-2-4-8/h2-5,8H2,1H3,(H,9,10). The molecule has 0 saturated carbocycles. The normalized spacial score (nSPS) is 9.38. The van der Waals surface area contributed by atoms with Crippen molar-refractivity contribution in [3.63, 3.8) is 0 Å². The molecular weight excluding hydrogens is 176 g/mol. The molecule has 0 fully saturated rings. The van der Waals surface area contributed by atoms with Crippen LogP contribution in [0.2, 0.25) is 0 Å². The fraction of sp³-hybridized carbons (Fsp3) is 0.714. The Hall–Kier alpha value is -1.14. The average molecular weight is 190 g/mol. The van der Waals surface area contributed by atoms with Crippen LogP contribution in [0.1, 0.15) is 12.8 Å². The minimum Gasteiger partial charge on any atom is -0.375 e. The lowest BCUT2D eigenvalue weighted by Gasteiger charge is -2.03. The number of hydroxylamine groups is 1. The summed E-state index contributed by atoms with van der Waals surface area (Å²) in [5.41, 5.74) is 7.10. The van der Waals surface area contributed by atoms with Crippen LogP contribution in [0.5, 0.6) is 0 Å². The zero-order chi connectivity index (χ0) is 10.1. The van der Waals surface area contributed by atoms with Gasteiger partial charge >= 0.3 is 5.97 Å². The maximum Gasteiger partial charge on any atom is 0.332 e. The Bertz CT molecular complexity index is 172. The summed E-state index contributed by atoms with van der Waals surface area (Å²) in [5.74, 6) is -1.00. The fourth-order valence-corrected chi connectivity index (χ4v) is 0.572. The summed E-state index contributed by atoms with van der Waals surface area (Å²) < 4.78 is 4.49. The summed E-state index contributed by atoms with van der Waals surface area (Å²) in [6.45, 7) is 0.283. The second kappa shape index (κ2) is 7.51. The zero-order valence-corrected chi connectivity index (χ0v) is 7.54. The summed E-state index contributed by atoms with van der Waals surface area (Å²) in [5, 5.41) is 0. The van der Waals surface area contributed by atoms with Gasteiger partial charge in [-0.05, 0) is 13.0 Å². The van der Waals surface area contributed by atoms with Crippen LogP contribution in [0.15, 0.2) is 0 Å². The Morgan fingerprint density at radius 2 is 2.15 bits per heavy atom. The average Bonchev–Trinajstić information content (AvgIpc) is 2.12. The maximum atomic E-state index is 10.8. The molecule has 0 aromatic heterocycles. The molecule has 0 radical (unpaired) electrons. The summed E-state index contributed by atoms with van der Waals surface area (Å²) in [6, 6.07) is 0. The first-order valence-corrected chi connectivity index (χ1v) is 3.88. The molecule has 0 heterocycles. The molecule has 0 aromatic rings. The number of hydrogen-bond acceptors (Lipinski definition) is 5. The molecule has 0 aliphatic heterocycles. The second-order valence-corrected chi connectivity index (χ2v) is 2.32. The molecule has 76 valence electrons. The van der Waals surface area contributed by atoms with Crippen LogP contribution in [-0.4, -0.2) is 32.1 Å². The lowest BCUT2D eigenvalue weighted by atomic mass is 10.3. The van der Waals surface area contributed by atoms with Crippen molar-refractivity contribution < 1.29 is 19.2 Å². The summed E-state index contributed by atoms with van der Waals surface area (Å²) in [4.78, 5) is 25.8. The van der Waals surface area contributed by atoms with Crippen molar-refractivity contribution in [2.45, 2.75) is 12.8 Å². The number of carbonyl (C=O) groups is 2. The van der Waals surface area contributed by atoms with Crippen LogP contribution in [0.3, 0.4) is 0 Å². The quantitative estimate of drug-likeness (QED) is 0.539. The van der Waals surface area contributed by atoms with Gasteiger partial charge in [-0.15, -0.1) is 0 Å². The zero-order valence-electron chi connectivity index (χ0n) is 7.54. The van der Waals surface area contributed by atoms with E-state index in [1.807, 2.05) is 5.48 Å². The molecule has 0 saturated heterocycles. The lowest BCUT2D eigenvalue weighted by molar-refractivity contribution is -0.159. The molecule has 0 unspecified atom stereocenters. The van der Waals surface area contributed by atoms with E-state index in [0.29, 0.717) is 13.0 Å². The summed E-state index contributed by atoms with van der Waals surface area (Å²) in [7, 11) is 1.37. The number of rotatable bonds is 5. The van der Waals surface area contributed by atoms with E-state index in [1.54, 1.807) is 0 Å². The highest BCUT2D eigenvalue weighted by atomic mass is 16.7. The van der Waals surface area contributed by atoms with Crippen molar-refractivity contribution in [2.75, 3.05) is 20.3 Å². The van der Waals surface area contributed by atoms with Gasteiger partial charge in [0, 0.05) is 13.5 Å². The molecule has 13 heavy (non-hydrogen) atoms. The first-order valence-electron chi connectivity index (χ1n) is 3.88. The molecule has 0 atom stereocenters. The minimum atomic E-state index is -0.505. The highest BCUT2D eigenvalue weighted by Crippen LogP contribution is 1.88. The number of methoxy groups -OCH3 is 1. The molecule has 6 nitrogen and oxygen atoms in total. The number of nitrogens with two attached hydrogens (primary N) is 1. The van der Waals surface area contributed by atoms with Crippen molar-refractivity contribution >= 4 is 11.9 Å². The fourth-order valence-electron chi connectivity index (χ4n) is 0.572. The van der Waals surface area contributed by atoms with Gasteiger partial charge in [0.1, 0.15) is 6.61 Å². The summed E-state index contributed by atoms with van der Waals surface area (Å²) >= 11 is 0. The number of nitrogens with one attached hydrogen (secondary N) is 1. The van der Waals surface area contributed by atoms with Crippen LogP contribution in [0.4, 0.5) is 0 Å². The molecule has 0 aromatic carbocycles. The lowest BCUT2D eigenvalue weighted by Crippen LogP contribution is -2.30. The second-order valence-electron chi connectivity index (χ2n) is 2.32. The van der Waals surface area contributed by atoms with Gasteiger partial charge in [-0.25, -0.2) is 4.79 Å². The predicted octanol–water partition coefficient (Wildman–Crippen LogP) is -1.05.